The lowest BCUT2D eigenvalue weighted by atomic mass is 10.1. The Balaban J connectivity index is 2.03. The minimum absolute atomic E-state index is 0.0388. The molecule has 0 saturated heterocycles. The molecular formula is C18H14F3N5O2. The quantitative estimate of drug-likeness (QED) is 0.531. The number of aryl methyl sites for hydroxylation is 1. The Morgan fingerprint density at radius 1 is 1.14 bits per heavy atom. The van der Waals surface area contributed by atoms with Gasteiger partial charge in [-0.15, -0.1) is 0 Å². The number of aromatic amines is 1. The summed E-state index contributed by atoms with van der Waals surface area (Å²) in [7, 11) is 0. The molecule has 0 saturated carbocycles. The van der Waals surface area contributed by atoms with Crippen LogP contribution in [0.3, 0.4) is 0 Å². The predicted molar refractivity (Wildman–Crippen MR) is 95.4 cm³/mol. The van der Waals surface area contributed by atoms with E-state index in [1.54, 1.807) is 30.3 Å². The number of para-hydroxylation sites is 1. The monoisotopic (exact) mass is 389 g/mol. The topological polar surface area (TPSA) is 92.1 Å². The molecule has 0 bridgehead atoms. The van der Waals surface area contributed by atoms with E-state index in [2.05, 4.69) is 15.2 Å². The van der Waals surface area contributed by atoms with E-state index < -0.39 is 28.9 Å². The summed E-state index contributed by atoms with van der Waals surface area (Å²) in [6.07, 6.45) is -2.33. The predicted octanol–water partition coefficient (Wildman–Crippen LogP) is 2.57. The first-order valence-electron chi connectivity index (χ1n) is 8.01. The normalized spacial score (nSPS) is 12.1. The van der Waals surface area contributed by atoms with Crippen molar-refractivity contribution in [3.8, 4) is 5.69 Å². The Morgan fingerprint density at radius 2 is 1.79 bits per heavy atom. The first kappa shape index (κ1) is 19.1. The second-order valence-corrected chi connectivity index (χ2v) is 5.72. The maximum atomic E-state index is 13.6. The Morgan fingerprint density at radius 3 is 2.39 bits per heavy atom. The number of alkyl halides is 3. The largest absolute Gasteiger partial charge is 0.435 e. The van der Waals surface area contributed by atoms with Crippen LogP contribution in [0, 0.1) is 6.92 Å². The van der Waals surface area contributed by atoms with Crippen molar-refractivity contribution in [3.63, 3.8) is 0 Å². The molecule has 0 aliphatic carbocycles. The zero-order valence-corrected chi connectivity index (χ0v) is 14.5. The number of benzene rings is 1. The van der Waals surface area contributed by atoms with Gasteiger partial charge >= 0.3 is 6.18 Å². The number of carbonyl (C=O) groups is 1. The van der Waals surface area contributed by atoms with Crippen LogP contribution in [-0.4, -0.2) is 32.6 Å². The van der Waals surface area contributed by atoms with Crippen molar-refractivity contribution in [3.05, 3.63) is 82.0 Å². The van der Waals surface area contributed by atoms with Crippen LogP contribution in [0.5, 0.6) is 0 Å². The third kappa shape index (κ3) is 3.85. The molecule has 28 heavy (non-hydrogen) atoms. The second kappa shape index (κ2) is 7.51. The van der Waals surface area contributed by atoms with Gasteiger partial charge in [0, 0.05) is 23.7 Å². The van der Waals surface area contributed by atoms with Crippen LogP contribution in [0.15, 0.2) is 64.8 Å². The molecule has 10 heteroatoms. The molecule has 7 nitrogen and oxygen atoms in total. The van der Waals surface area contributed by atoms with E-state index in [0.29, 0.717) is 5.69 Å². The average Bonchev–Trinajstić information content (AvgIpc) is 2.97. The number of carbonyl (C=O) groups excluding carboxylic acids is 1. The number of H-pyrrole nitrogens is 1. The van der Waals surface area contributed by atoms with Gasteiger partial charge in [0.1, 0.15) is 0 Å². The number of nitrogens with zero attached hydrogens (tertiary/aromatic N) is 3. The Hall–Kier alpha value is -3.69. The highest BCUT2D eigenvalue weighted by atomic mass is 19.4. The second-order valence-electron chi connectivity index (χ2n) is 5.72. The van der Waals surface area contributed by atoms with Crippen LogP contribution in [-0.2, 0) is 0 Å². The molecule has 1 amide bonds. The zero-order valence-electron chi connectivity index (χ0n) is 14.5. The Kier molecular flexibility index (Phi) is 5.12. The molecule has 0 fully saturated rings. The third-order valence-electron chi connectivity index (χ3n) is 3.80. The number of aromatic nitrogens is 3. The molecule has 2 N–H and O–H groups in total. The molecule has 0 atom stereocenters. The van der Waals surface area contributed by atoms with Crippen molar-refractivity contribution in [1.82, 2.24) is 20.2 Å². The average molecular weight is 389 g/mol. The van der Waals surface area contributed by atoms with Gasteiger partial charge in [-0.1, -0.05) is 18.2 Å². The number of hydrogen-bond donors (Lipinski definition) is 2. The van der Waals surface area contributed by atoms with Gasteiger partial charge < -0.3 is 0 Å². The maximum absolute atomic E-state index is 13.6. The summed E-state index contributed by atoms with van der Waals surface area (Å²) >= 11 is 0. The summed E-state index contributed by atoms with van der Waals surface area (Å²) in [6.45, 7) is 1.32. The number of hydrazone groups is 1. The number of amides is 1. The number of rotatable bonds is 4. The van der Waals surface area contributed by atoms with Crippen molar-refractivity contribution >= 4 is 11.6 Å². The highest BCUT2D eigenvalue weighted by Gasteiger charge is 2.41. The third-order valence-corrected chi connectivity index (χ3v) is 3.80. The SMILES string of the molecule is Cc1[nH]n(-c2ccccc2)c(=O)c1/C(=N/NC(=O)c1ccncc1)C(F)(F)F. The summed E-state index contributed by atoms with van der Waals surface area (Å²) in [4.78, 5) is 28.3. The highest BCUT2D eigenvalue weighted by Crippen LogP contribution is 2.22. The van der Waals surface area contributed by atoms with Crippen molar-refractivity contribution in [1.29, 1.82) is 0 Å². The number of halogens is 3. The Bertz CT molecular complexity index is 1070. The minimum atomic E-state index is -4.97. The maximum Gasteiger partial charge on any atom is 0.435 e. The summed E-state index contributed by atoms with van der Waals surface area (Å²) < 4.78 is 41.7. The zero-order chi connectivity index (χ0) is 20.3. The fraction of sp³-hybridized carbons (Fsp3) is 0.111. The van der Waals surface area contributed by atoms with Gasteiger partial charge in [0.15, 0.2) is 5.71 Å². The van der Waals surface area contributed by atoms with Gasteiger partial charge in [-0.05, 0) is 31.2 Å². The molecule has 2 heterocycles. The van der Waals surface area contributed by atoms with Crippen molar-refractivity contribution in [2.45, 2.75) is 13.1 Å². The van der Waals surface area contributed by atoms with E-state index in [0.717, 1.165) is 4.68 Å². The van der Waals surface area contributed by atoms with Crippen molar-refractivity contribution in [2.75, 3.05) is 0 Å². The number of nitrogens with one attached hydrogen (secondary N) is 2. The fourth-order valence-electron chi connectivity index (χ4n) is 2.52. The standard InChI is InChI=1S/C18H14F3N5O2/c1-11-14(17(28)26(25-11)13-5-3-2-4-6-13)15(18(19,20)21)23-24-16(27)12-7-9-22-10-8-12/h2-10,25H,1H3,(H,24,27)/b23-15-. The molecule has 144 valence electrons. The van der Waals surface area contributed by atoms with E-state index in [4.69, 9.17) is 0 Å². The van der Waals surface area contributed by atoms with E-state index in [9.17, 15) is 22.8 Å². The molecule has 0 unspecified atom stereocenters. The minimum Gasteiger partial charge on any atom is -0.295 e. The molecule has 0 aliphatic rings. The van der Waals surface area contributed by atoms with E-state index in [-0.39, 0.29) is 11.3 Å². The van der Waals surface area contributed by atoms with Gasteiger partial charge in [0.25, 0.3) is 11.5 Å². The van der Waals surface area contributed by atoms with Crippen LogP contribution >= 0.6 is 0 Å². The van der Waals surface area contributed by atoms with E-state index in [1.165, 1.54) is 31.5 Å². The van der Waals surface area contributed by atoms with Gasteiger partial charge in [0.2, 0.25) is 0 Å². The molecule has 2 aromatic heterocycles. The lowest BCUT2D eigenvalue weighted by molar-refractivity contribution is -0.0584. The fourth-order valence-corrected chi connectivity index (χ4v) is 2.52. The smallest absolute Gasteiger partial charge is 0.295 e. The lowest BCUT2D eigenvalue weighted by Crippen LogP contribution is -2.33. The summed E-state index contributed by atoms with van der Waals surface area (Å²) in [6, 6.07) is 10.8. The molecule has 3 aromatic rings. The number of hydrogen-bond acceptors (Lipinski definition) is 4. The first-order valence-corrected chi connectivity index (χ1v) is 8.01. The van der Waals surface area contributed by atoms with Gasteiger partial charge in [-0.3, -0.25) is 19.7 Å². The summed E-state index contributed by atoms with van der Waals surface area (Å²) in [5.41, 5.74) is -0.854. The van der Waals surface area contributed by atoms with Crippen molar-refractivity contribution in [2.24, 2.45) is 5.10 Å². The van der Waals surface area contributed by atoms with Gasteiger partial charge in [-0.25, -0.2) is 10.1 Å². The summed E-state index contributed by atoms with van der Waals surface area (Å²) in [5, 5.41) is 5.81. The van der Waals surface area contributed by atoms with Gasteiger partial charge in [-0.2, -0.15) is 18.3 Å². The molecular weight excluding hydrogens is 375 g/mol. The van der Waals surface area contributed by atoms with E-state index >= 15 is 0 Å². The van der Waals surface area contributed by atoms with E-state index in [1.807, 2.05) is 5.43 Å². The molecule has 1 aromatic carbocycles. The van der Waals surface area contributed by atoms with Crippen LogP contribution in [0.2, 0.25) is 0 Å². The summed E-state index contributed by atoms with van der Waals surface area (Å²) in [5.74, 6) is -0.860. The molecule has 0 spiro atoms. The van der Waals surface area contributed by atoms with Crippen LogP contribution in [0.4, 0.5) is 13.2 Å². The lowest BCUT2D eigenvalue weighted by Gasteiger charge is -2.09. The molecule has 0 radical (unpaired) electrons. The van der Waals surface area contributed by atoms with Crippen LogP contribution in [0.25, 0.3) is 5.69 Å². The first-order chi connectivity index (χ1) is 13.3. The highest BCUT2D eigenvalue weighted by molar-refractivity contribution is 6.06. The molecule has 3 rings (SSSR count). The van der Waals surface area contributed by atoms with Crippen LogP contribution < -0.4 is 11.0 Å². The van der Waals surface area contributed by atoms with Crippen molar-refractivity contribution < 1.29 is 18.0 Å². The Labute approximate surface area is 156 Å². The van der Waals surface area contributed by atoms with Gasteiger partial charge in [0.05, 0.1) is 11.3 Å². The molecule has 0 aliphatic heterocycles. The van der Waals surface area contributed by atoms with Crippen LogP contribution in [0.1, 0.15) is 21.6 Å². The number of pyridine rings is 1.